The van der Waals surface area contributed by atoms with E-state index >= 15 is 0 Å². The molecule has 0 bridgehead atoms. The Morgan fingerprint density at radius 2 is 1.11 bits per heavy atom. The Morgan fingerprint density at radius 3 is 1.47 bits per heavy atom. The average molecular weight is 505 g/mol. The third-order valence-electron chi connectivity index (χ3n) is 6.27. The van der Waals surface area contributed by atoms with Crippen LogP contribution >= 0.6 is 0 Å². The lowest BCUT2D eigenvalue weighted by Gasteiger charge is -2.28. The summed E-state index contributed by atoms with van der Waals surface area (Å²) in [6.45, 7) is 0. The Hall–Kier alpha value is -3.38. The molecule has 2 fully saturated rings. The highest BCUT2D eigenvalue weighted by atomic mass is 16.6. The van der Waals surface area contributed by atoms with Gasteiger partial charge >= 0.3 is 11.4 Å². The lowest BCUT2D eigenvalue weighted by molar-refractivity contribution is -0.386. The van der Waals surface area contributed by atoms with Crippen molar-refractivity contribution in [1.82, 2.24) is 9.97 Å². The van der Waals surface area contributed by atoms with Crippen LogP contribution in [0, 0.1) is 20.2 Å². The van der Waals surface area contributed by atoms with Gasteiger partial charge in [-0.2, -0.15) is 0 Å². The van der Waals surface area contributed by atoms with Crippen molar-refractivity contribution < 1.29 is 28.8 Å². The van der Waals surface area contributed by atoms with Gasteiger partial charge in [0.25, 0.3) is 11.8 Å². The smallest absolute Gasteiger partial charge is 0.330 e. The zero-order valence-corrected chi connectivity index (χ0v) is 20.5. The maximum Gasteiger partial charge on any atom is 0.330 e. The summed E-state index contributed by atoms with van der Waals surface area (Å²) < 4.78 is 21.9. The highest BCUT2D eigenvalue weighted by Crippen LogP contribution is 2.30. The van der Waals surface area contributed by atoms with Crippen molar-refractivity contribution in [3.05, 3.63) is 56.9 Å². The number of rotatable bonds is 8. The normalized spacial score (nSPS) is 23.6. The summed E-state index contributed by atoms with van der Waals surface area (Å²) in [6, 6.07) is 5.87. The summed E-state index contributed by atoms with van der Waals surface area (Å²) in [6.07, 6.45) is 10.5. The molecule has 12 nitrogen and oxygen atoms in total. The molecule has 4 rings (SSSR count). The minimum Gasteiger partial charge on any atom is -0.469 e. The Kier molecular flexibility index (Phi) is 10.3. The van der Waals surface area contributed by atoms with Gasteiger partial charge in [0.2, 0.25) is 0 Å². The van der Waals surface area contributed by atoms with Crippen molar-refractivity contribution >= 4 is 11.4 Å². The third kappa shape index (κ3) is 7.82. The molecule has 0 unspecified atom stereocenters. The fourth-order valence-electron chi connectivity index (χ4n) is 4.39. The van der Waals surface area contributed by atoms with Crippen molar-refractivity contribution in [2.75, 3.05) is 14.2 Å². The Bertz CT molecular complexity index is 928. The molecule has 196 valence electrons. The van der Waals surface area contributed by atoms with E-state index in [4.69, 9.17) is 18.9 Å². The first-order chi connectivity index (χ1) is 17.4. The maximum absolute atomic E-state index is 10.8. The van der Waals surface area contributed by atoms with E-state index in [1.807, 2.05) is 0 Å². The lowest BCUT2D eigenvalue weighted by Crippen LogP contribution is -2.29. The fraction of sp³-hybridized carbons (Fsp3) is 0.583. The molecule has 2 heterocycles. The van der Waals surface area contributed by atoms with Gasteiger partial charge in [-0.1, -0.05) is 0 Å². The highest BCUT2D eigenvalue weighted by molar-refractivity contribution is 5.40. The third-order valence-corrected chi connectivity index (χ3v) is 6.27. The van der Waals surface area contributed by atoms with Crippen LogP contribution in [-0.4, -0.2) is 58.5 Å². The van der Waals surface area contributed by atoms with Crippen molar-refractivity contribution in [3.8, 4) is 11.8 Å². The largest absolute Gasteiger partial charge is 0.469 e. The van der Waals surface area contributed by atoms with Crippen LogP contribution in [0.15, 0.2) is 36.7 Å². The molecule has 2 aromatic rings. The van der Waals surface area contributed by atoms with Crippen molar-refractivity contribution in [1.29, 1.82) is 0 Å². The van der Waals surface area contributed by atoms with Crippen LogP contribution in [0.4, 0.5) is 11.4 Å². The van der Waals surface area contributed by atoms with E-state index in [-0.39, 0.29) is 47.6 Å². The molecule has 0 radical (unpaired) electrons. The van der Waals surface area contributed by atoms with E-state index < -0.39 is 9.85 Å². The van der Waals surface area contributed by atoms with E-state index in [2.05, 4.69) is 9.97 Å². The van der Waals surface area contributed by atoms with Gasteiger partial charge < -0.3 is 18.9 Å². The Labute approximate surface area is 209 Å². The fourth-order valence-corrected chi connectivity index (χ4v) is 4.39. The van der Waals surface area contributed by atoms with E-state index in [0.29, 0.717) is 0 Å². The van der Waals surface area contributed by atoms with Crippen LogP contribution in [0.5, 0.6) is 11.8 Å². The molecular weight excluding hydrogens is 472 g/mol. The maximum atomic E-state index is 10.8. The van der Waals surface area contributed by atoms with Crippen LogP contribution in [0.2, 0.25) is 0 Å². The second-order valence-corrected chi connectivity index (χ2v) is 8.70. The molecule has 0 amide bonds. The number of nitro groups is 2. The first-order valence-corrected chi connectivity index (χ1v) is 12.0. The highest BCUT2D eigenvalue weighted by Gasteiger charge is 2.27. The monoisotopic (exact) mass is 504 g/mol. The topological polar surface area (TPSA) is 149 Å². The van der Waals surface area contributed by atoms with Gasteiger partial charge in [-0.05, 0) is 50.7 Å². The summed E-state index contributed by atoms with van der Waals surface area (Å²) >= 11 is 0. The quantitative estimate of drug-likeness (QED) is 0.367. The predicted molar refractivity (Wildman–Crippen MR) is 129 cm³/mol. The van der Waals surface area contributed by atoms with E-state index in [1.165, 1.54) is 36.7 Å². The lowest BCUT2D eigenvalue weighted by atomic mass is 9.95. The minimum atomic E-state index is -0.473. The molecule has 2 aromatic heterocycles. The molecule has 36 heavy (non-hydrogen) atoms. The molecule has 4 atom stereocenters. The van der Waals surface area contributed by atoms with Crippen molar-refractivity contribution in [3.63, 3.8) is 0 Å². The van der Waals surface area contributed by atoms with Crippen LogP contribution in [0.3, 0.4) is 0 Å². The van der Waals surface area contributed by atoms with Gasteiger partial charge in [0.15, 0.2) is 0 Å². The van der Waals surface area contributed by atoms with Gasteiger partial charge in [-0.15, -0.1) is 0 Å². The molecule has 0 aromatic carbocycles. The molecule has 0 aliphatic heterocycles. The SMILES string of the molecule is CO[C@@H]1CCC[C@@H](Oc2ncccc2[N+](=O)[O-])C1.CO[C@H]1CCC[C@@H](Oc2ncccc2[N+](=O)[O-])C1. The summed E-state index contributed by atoms with van der Waals surface area (Å²) in [4.78, 5) is 28.6. The number of methoxy groups -OCH3 is 2. The molecular formula is C24H32N4O8. The van der Waals surface area contributed by atoms with Crippen LogP contribution in [0.25, 0.3) is 0 Å². The molecule has 2 aliphatic rings. The summed E-state index contributed by atoms with van der Waals surface area (Å²) in [5.74, 6) is 0.202. The van der Waals surface area contributed by atoms with Crippen LogP contribution in [0.1, 0.15) is 51.4 Å². The van der Waals surface area contributed by atoms with Gasteiger partial charge in [0, 0.05) is 51.6 Å². The standard InChI is InChI=1S/2C12H16N2O4/c2*1-17-9-4-2-5-10(8-9)18-12-11(14(15)16)6-3-7-13-12/h2*3,6-7,9-10H,2,4-5,8H2,1H3/t9-,10+;9-,10-/m01/s1. The summed E-state index contributed by atoms with van der Waals surface area (Å²) in [5.41, 5.74) is -0.172. The molecule has 2 saturated carbocycles. The zero-order chi connectivity index (χ0) is 25.9. The van der Waals surface area contributed by atoms with E-state index in [0.717, 1.165) is 51.4 Å². The molecule has 0 saturated heterocycles. The second kappa shape index (κ2) is 13.6. The van der Waals surface area contributed by atoms with Crippen LogP contribution < -0.4 is 9.47 Å². The first-order valence-electron chi connectivity index (χ1n) is 12.0. The second-order valence-electron chi connectivity index (χ2n) is 8.70. The first kappa shape index (κ1) is 27.2. The molecule has 2 aliphatic carbocycles. The van der Waals surface area contributed by atoms with E-state index in [9.17, 15) is 20.2 Å². The number of hydrogen-bond donors (Lipinski definition) is 0. The zero-order valence-electron chi connectivity index (χ0n) is 20.5. The van der Waals surface area contributed by atoms with Gasteiger partial charge in [0.05, 0.1) is 22.1 Å². The summed E-state index contributed by atoms with van der Waals surface area (Å²) in [5, 5.41) is 21.7. The van der Waals surface area contributed by atoms with Crippen molar-refractivity contribution in [2.45, 2.75) is 75.8 Å². The number of aromatic nitrogens is 2. The molecule has 0 N–H and O–H groups in total. The van der Waals surface area contributed by atoms with Gasteiger partial charge in [-0.25, -0.2) is 9.97 Å². The molecule has 0 spiro atoms. The van der Waals surface area contributed by atoms with Crippen LogP contribution in [-0.2, 0) is 9.47 Å². The molecule has 12 heteroatoms. The van der Waals surface area contributed by atoms with Gasteiger partial charge in [0.1, 0.15) is 12.2 Å². The minimum absolute atomic E-state index is 0.0581. The number of pyridine rings is 2. The average Bonchev–Trinajstić information content (AvgIpc) is 2.89. The number of nitrogens with zero attached hydrogens (tertiary/aromatic N) is 4. The number of ether oxygens (including phenoxy) is 4. The predicted octanol–water partition coefficient (Wildman–Crippen LogP) is 4.65. The Balaban J connectivity index is 0.000000201. The van der Waals surface area contributed by atoms with E-state index in [1.54, 1.807) is 14.2 Å². The summed E-state index contributed by atoms with van der Waals surface area (Å²) in [7, 11) is 3.35. The van der Waals surface area contributed by atoms with Crippen molar-refractivity contribution in [2.24, 2.45) is 0 Å². The number of hydrogen-bond acceptors (Lipinski definition) is 10. The van der Waals surface area contributed by atoms with Gasteiger partial charge in [-0.3, -0.25) is 20.2 Å². The Morgan fingerprint density at radius 1 is 0.722 bits per heavy atom.